The highest BCUT2D eigenvalue weighted by Crippen LogP contribution is 2.35. The predicted octanol–water partition coefficient (Wildman–Crippen LogP) is 2.68. The Kier molecular flexibility index (Phi) is 4.58. The predicted molar refractivity (Wildman–Crippen MR) is 77.2 cm³/mol. The summed E-state index contributed by atoms with van der Waals surface area (Å²) >= 11 is 0. The fourth-order valence-electron chi connectivity index (χ4n) is 2.13. The third-order valence-corrected chi connectivity index (χ3v) is 3.17. The SMILES string of the molecule is COc1cccc(OC)c1C(O)Cc1ccc(C)cn1. The van der Waals surface area contributed by atoms with Crippen LogP contribution in [0.15, 0.2) is 36.5 Å². The van der Waals surface area contributed by atoms with E-state index < -0.39 is 6.10 Å². The second-order valence-electron chi connectivity index (χ2n) is 4.62. The third kappa shape index (κ3) is 3.08. The first-order valence-electron chi connectivity index (χ1n) is 6.46. The number of hydrogen-bond donors (Lipinski definition) is 1. The first-order chi connectivity index (χ1) is 9.65. The van der Waals surface area contributed by atoms with Gasteiger partial charge in [-0.2, -0.15) is 0 Å². The molecule has 1 heterocycles. The number of hydrogen-bond acceptors (Lipinski definition) is 4. The Morgan fingerprint density at radius 1 is 1.10 bits per heavy atom. The molecule has 0 amide bonds. The number of methoxy groups -OCH3 is 2. The Labute approximate surface area is 119 Å². The molecule has 1 N–H and O–H groups in total. The molecule has 1 atom stereocenters. The van der Waals surface area contributed by atoms with Crippen molar-refractivity contribution in [3.8, 4) is 11.5 Å². The summed E-state index contributed by atoms with van der Waals surface area (Å²) in [7, 11) is 3.16. The summed E-state index contributed by atoms with van der Waals surface area (Å²) in [5.74, 6) is 1.23. The first-order valence-corrected chi connectivity index (χ1v) is 6.46. The lowest BCUT2D eigenvalue weighted by Crippen LogP contribution is -2.07. The van der Waals surface area contributed by atoms with Crippen molar-refractivity contribution >= 4 is 0 Å². The maximum absolute atomic E-state index is 10.5. The van der Waals surface area contributed by atoms with Gasteiger partial charge >= 0.3 is 0 Å². The molecule has 0 saturated heterocycles. The van der Waals surface area contributed by atoms with Gasteiger partial charge in [0.2, 0.25) is 0 Å². The van der Waals surface area contributed by atoms with Crippen molar-refractivity contribution in [2.24, 2.45) is 0 Å². The summed E-state index contributed by atoms with van der Waals surface area (Å²) in [6.07, 6.45) is 1.48. The molecule has 0 bridgehead atoms. The number of ether oxygens (including phenoxy) is 2. The number of rotatable bonds is 5. The summed E-state index contributed by atoms with van der Waals surface area (Å²) in [6, 6.07) is 9.35. The highest BCUT2D eigenvalue weighted by Gasteiger charge is 2.19. The van der Waals surface area contributed by atoms with Crippen molar-refractivity contribution in [1.82, 2.24) is 4.98 Å². The van der Waals surface area contributed by atoms with E-state index in [9.17, 15) is 5.11 Å². The average molecular weight is 273 g/mol. The number of aromatic nitrogens is 1. The second kappa shape index (κ2) is 6.39. The van der Waals surface area contributed by atoms with E-state index in [4.69, 9.17) is 9.47 Å². The van der Waals surface area contributed by atoms with E-state index in [-0.39, 0.29) is 0 Å². The molecule has 0 aliphatic heterocycles. The molecule has 20 heavy (non-hydrogen) atoms. The highest BCUT2D eigenvalue weighted by molar-refractivity contribution is 5.46. The van der Waals surface area contributed by atoms with Crippen LogP contribution in [0.1, 0.15) is 22.9 Å². The molecule has 1 unspecified atom stereocenters. The summed E-state index contributed by atoms with van der Waals surface area (Å²) in [5.41, 5.74) is 2.58. The Morgan fingerprint density at radius 2 is 1.75 bits per heavy atom. The molecule has 0 radical (unpaired) electrons. The molecule has 0 spiro atoms. The molecule has 4 nitrogen and oxygen atoms in total. The lowest BCUT2D eigenvalue weighted by atomic mass is 10.0. The van der Waals surface area contributed by atoms with Crippen molar-refractivity contribution in [2.45, 2.75) is 19.4 Å². The topological polar surface area (TPSA) is 51.6 Å². The summed E-state index contributed by atoms with van der Waals surface area (Å²) < 4.78 is 10.6. The quantitative estimate of drug-likeness (QED) is 0.910. The second-order valence-corrected chi connectivity index (χ2v) is 4.62. The Hall–Kier alpha value is -2.07. The maximum Gasteiger partial charge on any atom is 0.128 e. The lowest BCUT2D eigenvalue weighted by Gasteiger charge is -2.17. The van der Waals surface area contributed by atoms with Crippen molar-refractivity contribution < 1.29 is 14.6 Å². The van der Waals surface area contributed by atoms with Crippen LogP contribution in [0.5, 0.6) is 11.5 Å². The van der Waals surface area contributed by atoms with Crippen molar-refractivity contribution in [2.75, 3.05) is 14.2 Å². The van der Waals surface area contributed by atoms with Gasteiger partial charge in [0, 0.05) is 18.3 Å². The van der Waals surface area contributed by atoms with Crippen LogP contribution >= 0.6 is 0 Å². The molecule has 2 rings (SSSR count). The Bertz CT molecular complexity index is 544. The summed E-state index contributed by atoms with van der Waals surface area (Å²) in [4.78, 5) is 4.31. The first kappa shape index (κ1) is 14.3. The van der Waals surface area contributed by atoms with E-state index in [0.717, 1.165) is 11.3 Å². The van der Waals surface area contributed by atoms with Crippen LogP contribution in [0.4, 0.5) is 0 Å². The molecule has 0 saturated carbocycles. The van der Waals surface area contributed by atoms with Crippen LogP contribution in [0.2, 0.25) is 0 Å². The molecule has 1 aromatic heterocycles. The fraction of sp³-hybridized carbons (Fsp3) is 0.312. The van der Waals surface area contributed by atoms with E-state index in [1.54, 1.807) is 20.4 Å². The van der Waals surface area contributed by atoms with Crippen LogP contribution in [0, 0.1) is 6.92 Å². The van der Waals surface area contributed by atoms with Crippen molar-refractivity contribution in [1.29, 1.82) is 0 Å². The van der Waals surface area contributed by atoms with Crippen LogP contribution in [-0.2, 0) is 6.42 Å². The highest BCUT2D eigenvalue weighted by atomic mass is 16.5. The van der Waals surface area contributed by atoms with Crippen molar-refractivity contribution in [3.05, 3.63) is 53.3 Å². The summed E-state index contributed by atoms with van der Waals surface area (Å²) in [6.45, 7) is 1.98. The zero-order valence-electron chi connectivity index (χ0n) is 12.0. The Morgan fingerprint density at radius 3 is 2.25 bits per heavy atom. The minimum atomic E-state index is -0.726. The van der Waals surface area contributed by atoms with Crippen molar-refractivity contribution in [3.63, 3.8) is 0 Å². The number of aliphatic hydroxyl groups excluding tert-OH is 1. The van der Waals surface area contributed by atoms with Crippen LogP contribution in [-0.4, -0.2) is 24.3 Å². The van der Waals surface area contributed by atoms with Gasteiger partial charge in [-0.1, -0.05) is 12.1 Å². The third-order valence-electron chi connectivity index (χ3n) is 3.17. The van der Waals surface area contributed by atoms with Gasteiger partial charge in [-0.3, -0.25) is 4.98 Å². The molecule has 4 heteroatoms. The van der Waals surface area contributed by atoms with Gasteiger partial charge in [-0.05, 0) is 30.7 Å². The van der Waals surface area contributed by atoms with E-state index in [1.165, 1.54) is 0 Å². The van der Waals surface area contributed by atoms with Gasteiger partial charge in [-0.25, -0.2) is 0 Å². The largest absolute Gasteiger partial charge is 0.496 e. The molecule has 0 fully saturated rings. The number of nitrogens with zero attached hydrogens (tertiary/aromatic N) is 1. The molecule has 0 aliphatic carbocycles. The molecule has 2 aromatic rings. The van der Waals surface area contributed by atoms with Gasteiger partial charge in [0.25, 0.3) is 0 Å². The summed E-state index contributed by atoms with van der Waals surface area (Å²) in [5, 5.41) is 10.5. The molecule has 106 valence electrons. The zero-order chi connectivity index (χ0) is 14.5. The number of aryl methyl sites for hydroxylation is 1. The maximum atomic E-state index is 10.5. The van der Waals surface area contributed by atoms with E-state index in [2.05, 4.69) is 4.98 Å². The smallest absolute Gasteiger partial charge is 0.128 e. The fourth-order valence-corrected chi connectivity index (χ4v) is 2.13. The number of aliphatic hydroxyl groups is 1. The lowest BCUT2D eigenvalue weighted by molar-refractivity contribution is 0.168. The standard InChI is InChI=1S/C16H19NO3/c1-11-7-8-12(17-10-11)9-13(18)16-14(19-2)5-4-6-15(16)20-3/h4-8,10,13,18H,9H2,1-3H3. The minimum Gasteiger partial charge on any atom is -0.496 e. The number of pyridine rings is 1. The minimum absolute atomic E-state index is 0.414. The van der Waals surface area contributed by atoms with Gasteiger partial charge in [0.15, 0.2) is 0 Å². The average Bonchev–Trinajstić information content (AvgIpc) is 2.48. The monoisotopic (exact) mass is 273 g/mol. The van der Waals surface area contributed by atoms with E-state index >= 15 is 0 Å². The normalized spacial score (nSPS) is 12.0. The number of benzene rings is 1. The van der Waals surface area contributed by atoms with Crippen LogP contribution in [0.25, 0.3) is 0 Å². The molecular formula is C16H19NO3. The Balaban J connectivity index is 2.28. The van der Waals surface area contributed by atoms with Crippen LogP contribution < -0.4 is 9.47 Å². The van der Waals surface area contributed by atoms with Gasteiger partial charge in [0.05, 0.1) is 25.9 Å². The van der Waals surface area contributed by atoms with Gasteiger partial charge < -0.3 is 14.6 Å². The molecule has 1 aromatic carbocycles. The molecular weight excluding hydrogens is 254 g/mol. The van der Waals surface area contributed by atoms with E-state index in [1.807, 2.05) is 37.3 Å². The molecule has 0 aliphatic rings. The zero-order valence-corrected chi connectivity index (χ0v) is 12.0. The van der Waals surface area contributed by atoms with Crippen LogP contribution in [0.3, 0.4) is 0 Å². The van der Waals surface area contributed by atoms with E-state index in [0.29, 0.717) is 23.5 Å². The van der Waals surface area contributed by atoms with Gasteiger partial charge in [0.1, 0.15) is 11.5 Å². The van der Waals surface area contributed by atoms with Gasteiger partial charge in [-0.15, -0.1) is 0 Å².